The van der Waals surface area contributed by atoms with Gasteiger partial charge in [0.05, 0.1) is 18.9 Å². The van der Waals surface area contributed by atoms with Gasteiger partial charge < -0.3 is 22.8 Å². The minimum atomic E-state index is -0.577. The first-order valence-corrected chi connectivity index (χ1v) is 10.8. The van der Waals surface area contributed by atoms with Crippen molar-refractivity contribution >= 4 is 17.4 Å². The van der Waals surface area contributed by atoms with E-state index in [1.165, 1.54) is 0 Å². The highest BCUT2D eigenvalue weighted by molar-refractivity contribution is 6.30. The van der Waals surface area contributed by atoms with Crippen molar-refractivity contribution in [3.63, 3.8) is 0 Å². The van der Waals surface area contributed by atoms with E-state index in [-0.39, 0.29) is 30.0 Å². The molecular formula is C26H29Cl2NO2. The SMILES string of the molecule is CC(c1ccccc1)C(O)[NH2+]CCC(=O)C(Cc1ccc(Cl)cc1)c1ccccc1.[Cl-]. The predicted molar refractivity (Wildman–Crippen MR) is 122 cm³/mol. The summed E-state index contributed by atoms with van der Waals surface area (Å²) in [6.45, 7) is 2.56. The first-order chi connectivity index (χ1) is 14.5. The second-order valence-corrected chi connectivity index (χ2v) is 8.16. The number of ketones is 1. The van der Waals surface area contributed by atoms with Crippen LogP contribution in [0.2, 0.25) is 5.02 Å². The van der Waals surface area contributed by atoms with Crippen molar-refractivity contribution in [2.24, 2.45) is 0 Å². The topological polar surface area (TPSA) is 53.9 Å². The Bertz CT molecular complexity index is 917. The van der Waals surface area contributed by atoms with Gasteiger partial charge in [-0.05, 0) is 35.2 Å². The van der Waals surface area contributed by atoms with Crippen LogP contribution < -0.4 is 17.7 Å². The van der Waals surface area contributed by atoms with E-state index in [1.807, 2.05) is 97.2 Å². The summed E-state index contributed by atoms with van der Waals surface area (Å²) >= 11 is 6.00. The van der Waals surface area contributed by atoms with Crippen LogP contribution in [-0.4, -0.2) is 23.7 Å². The maximum absolute atomic E-state index is 13.1. The number of quaternary nitrogens is 1. The summed E-state index contributed by atoms with van der Waals surface area (Å²) in [6, 6.07) is 27.5. The van der Waals surface area contributed by atoms with Crippen molar-refractivity contribution in [2.45, 2.75) is 37.8 Å². The average molecular weight is 458 g/mol. The maximum atomic E-state index is 13.1. The van der Waals surface area contributed by atoms with Gasteiger partial charge in [0.2, 0.25) is 0 Å². The van der Waals surface area contributed by atoms with E-state index < -0.39 is 6.23 Å². The van der Waals surface area contributed by atoms with E-state index in [1.54, 1.807) is 0 Å². The molecule has 3 unspecified atom stereocenters. The number of carbonyl (C=O) groups excluding carboxylic acids is 1. The van der Waals surface area contributed by atoms with Crippen LogP contribution in [0.4, 0.5) is 0 Å². The Kier molecular flexibility index (Phi) is 10.2. The van der Waals surface area contributed by atoms with Gasteiger partial charge in [0.1, 0.15) is 5.78 Å². The van der Waals surface area contributed by atoms with Gasteiger partial charge in [0.15, 0.2) is 6.23 Å². The zero-order valence-corrected chi connectivity index (χ0v) is 19.1. The van der Waals surface area contributed by atoms with E-state index in [0.717, 1.165) is 16.7 Å². The molecule has 0 aliphatic rings. The number of aliphatic hydroxyl groups excluding tert-OH is 1. The normalized spacial score (nSPS) is 13.6. The van der Waals surface area contributed by atoms with Crippen LogP contribution >= 0.6 is 11.6 Å². The molecule has 3 N–H and O–H groups in total. The van der Waals surface area contributed by atoms with Gasteiger partial charge in [-0.25, -0.2) is 0 Å². The number of benzene rings is 3. The Labute approximate surface area is 195 Å². The minimum Gasteiger partial charge on any atom is -1.00 e. The lowest BCUT2D eigenvalue weighted by molar-refractivity contribution is -0.726. The van der Waals surface area contributed by atoms with E-state index in [9.17, 15) is 9.90 Å². The second kappa shape index (κ2) is 12.6. The van der Waals surface area contributed by atoms with E-state index >= 15 is 0 Å². The lowest BCUT2D eigenvalue weighted by atomic mass is 9.87. The summed E-state index contributed by atoms with van der Waals surface area (Å²) in [5, 5.41) is 13.1. The number of nitrogens with two attached hydrogens (primary N) is 1. The third-order valence-corrected chi connectivity index (χ3v) is 5.83. The van der Waals surface area contributed by atoms with Gasteiger partial charge in [-0.1, -0.05) is 91.3 Å². The Hall–Kier alpha value is -2.17. The largest absolute Gasteiger partial charge is 1.00 e. The van der Waals surface area contributed by atoms with Crippen LogP contribution in [-0.2, 0) is 11.2 Å². The van der Waals surface area contributed by atoms with Gasteiger partial charge in [0, 0.05) is 10.9 Å². The van der Waals surface area contributed by atoms with Crippen LogP contribution in [0.25, 0.3) is 0 Å². The lowest BCUT2D eigenvalue weighted by Crippen LogP contribution is -3.00. The molecule has 0 aliphatic heterocycles. The zero-order valence-electron chi connectivity index (χ0n) is 17.6. The minimum absolute atomic E-state index is 0. The zero-order chi connectivity index (χ0) is 21.3. The lowest BCUT2D eigenvalue weighted by Gasteiger charge is -2.19. The number of hydrogen-bond acceptors (Lipinski definition) is 2. The highest BCUT2D eigenvalue weighted by atomic mass is 35.5. The van der Waals surface area contributed by atoms with Gasteiger partial charge in [-0.3, -0.25) is 4.79 Å². The van der Waals surface area contributed by atoms with Crippen molar-refractivity contribution in [2.75, 3.05) is 6.54 Å². The molecule has 31 heavy (non-hydrogen) atoms. The second-order valence-electron chi connectivity index (χ2n) is 7.72. The summed E-state index contributed by atoms with van der Waals surface area (Å²) < 4.78 is 0. The maximum Gasteiger partial charge on any atom is 0.194 e. The predicted octanol–water partition coefficient (Wildman–Crippen LogP) is 1.31. The van der Waals surface area contributed by atoms with E-state index in [0.29, 0.717) is 24.4 Å². The molecule has 3 atom stereocenters. The van der Waals surface area contributed by atoms with Gasteiger partial charge in [0.25, 0.3) is 0 Å². The molecule has 0 amide bonds. The molecule has 0 radical (unpaired) electrons. The van der Waals surface area contributed by atoms with Crippen molar-refractivity contribution in [3.8, 4) is 0 Å². The van der Waals surface area contributed by atoms with Crippen LogP contribution in [0, 0.1) is 0 Å². The molecule has 0 aliphatic carbocycles. The third-order valence-electron chi connectivity index (χ3n) is 5.58. The molecule has 0 saturated heterocycles. The van der Waals surface area contributed by atoms with Gasteiger partial charge >= 0.3 is 0 Å². The quantitative estimate of drug-likeness (QED) is 0.451. The molecule has 164 valence electrons. The average Bonchev–Trinajstić information content (AvgIpc) is 2.79. The van der Waals surface area contributed by atoms with Crippen molar-refractivity contribution in [1.29, 1.82) is 0 Å². The van der Waals surface area contributed by atoms with Gasteiger partial charge in [-0.2, -0.15) is 0 Å². The van der Waals surface area contributed by atoms with Crippen molar-refractivity contribution in [3.05, 3.63) is 107 Å². The molecule has 3 aromatic carbocycles. The fraction of sp³-hybridized carbons (Fsp3) is 0.269. The Morgan fingerprint density at radius 1 is 0.903 bits per heavy atom. The van der Waals surface area contributed by atoms with Crippen molar-refractivity contribution in [1.82, 2.24) is 0 Å². The van der Waals surface area contributed by atoms with E-state index in [4.69, 9.17) is 11.6 Å². The van der Waals surface area contributed by atoms with Crippen LogP contribution in [0.15, 0.2) is 84.9 Å². The summed E-state index contributed by atoms with van der Waals surface area (Å²) in [7, 11) is 0. The van der Waals surface area contributed by atoms with Crippen LogP contribution in [0.1, 0.15) is 41.9 Å². The molecule has 0 spiro atoms. The fourth-order valence-corrected chi connectivity index (χ4v) is 3.81. The van der Waals surface area contributed by atoms with Crippen molar-refractivity contribution < 1.29 is 27.6 Å². The summed E-state index contributed by atoms with van der Waals surface area (Å²) in [4.78, 5) is 13.1. The number of aliphatic hydroxyl groups is 1. The highest BCUT2D eigenvalue weighted by Crippen LogP contribution is 2.24. The van der Waals surface area contributed by atoms with Crippen LogP contribution in [0.3, 0.4) is 0 Å². The summed E-state index contributed by atoms with van der Waals surface area (Å²) in [6.07, 6.45) is 0.473. The number of carbonyl (C=O) groups is 1. The molecule has 3 aromatic rings. The first-order valence-electron chi connectivity index (χ1n) is 10.4. The Balaban J connectivity index is 0.00000341. The monoisotopic (exact) mass is 457 g/mol. The molecule has 3 nitrogen and oxygen atoms in total. The molecule has 3 rings (SSSR count). The van der Waals surface area contributed by atoms with Crippen LogP contribution in [0.5, 0.6) is 0 Å². The molecule has 0 aromatic heterocycles. The summed E-state index contributed by atoms with van der Waals surface area (Å²) in [5.74, 6) is -0.0169. The fourth-order valence-electron chi connectivity index (χ4n) is 3.69. The third kappa shape index (κ3) is 7.48. The standard InChI is InChI=1S/C26H28ClNO2.ClH/c1-19(21-8-4-2-5-9-21)26(30)28-17-16-25(29)24(22-10-6-3-7-11-22)18-20-12-14-23(27)15-13-20;/h2-15,19,24,26,28,30H,16-18H2,1H3;1H. The molecule has 0 saturated carbocycles. The van der Waals surface area contributed by atoms with E-state index in [2.05, 4.69) is 0 Å². The Morgan fingerprint density at radius 3 is 2.03 bits per heavy atom. The molecule has 0 bridgehead atoms. The summed E-state index contributed by atoms with van der Waals surface area (Å²) in [5.41, 5.74) is 3.21. The number of Topliss-reactive ketones (excluding diaryl/α,β-unsaturated/α-hetero) is 1. The molecule has 5 heteroatoms. The molecule has 0 heterocycles. The first kappa shape index (κ1) is 25.1. The molecular weight excluding hydrogens is 429 g/mol. The van der Waals surface area contributed by atoms with Gasteiger partial charge in [-0.15, -0.1) is 0 Å². The highest BCUT2D eigenvalue weighted by Gasteiger charge is 2.23. The number of rotatable bonds is 10. The number of halogens is 2. The number of hydrogen-bond donors (Lipinski definition) is 2. The Morgan fingerprint density at radius 2 is 1.45 bits per heavy atom. The molecule has 0 fully saturated rings. The smallest absolute Gasteiger partial charge is 0.194 e.